The van der Waals surface area contributed by atoms with Crippen LogP contribution in [-0.4, -0.2) is 7.11 Å². The van der Waals surface area contributed by atoms with Gasteiger partial charge in [0.05, 0.1) is 0 Å². The molecule has 0 saturated heterocycles. The van der Waals surface area contributed by atoms with Crippen molar-refractivity contribution in [1.29, 1.82) is 0 Å². The molecule has 38 valence electrons. The monoisotopic (exact) mass is 164 g/mol. The minimum atomic E-state index is 0. The zero-order valence-electron chi connectivity index (χ0n) is 3.66. The van der Waals surface area contributed by atoms with Gasteiger partial charge in [0.2, 0.25) is 0 Å². The van der Waals surface area contributed by atoms with Crippen LogP contribution in [0.2, 0.25) is 5.23 Å². The third-order valence-electron chi connectivity index (χ3n) is 0.204. The molecule has 0 N–H and O–H groups in total. The molecule has 0 spiro atoms. The van der Waals surface area contributed by atoms with Crippen molar-refractivity contribution < 1.29 is 47.7 Å². The summed E-state index contributed by atoms with van der Waals surface area (Å²) in [5.41, 5.74) is 0. The van der Waals surface area contributed by atoms with Crippen molar-refractivity contribution in [3.05, 3.63) is 0 Å². The molecule has 0 aromatic carbocycles. The van der Waals surface area contributed by atoms with Crippen molar-refractivity contribution in [3.8, 4) is 0 Å². The Hall–Kier alpha value is 1.25. The van der Waals surface area contributed by atoms with E-state index in [2.05, 4.69) is 8.55 Å². The Bertz CT molecular complexity index is 13.5. The van der Waals surface area contributed by atoms with Crippen LogP contribution in [0.3, 0.4) is 0 Å². The van der Waals surface area contributed by atoms with Gasteiger partial charge in [-0.3, -0.25) is 0 Å². The molecule has 0 amide bonds. The Balaban J connectivity index is -0.0000000450. The molecular weight excluding hydrogens is 159 g/mol. The van der Waals surface area contributed by atoms with E-state index >= 15 is 0 Å². The first-order valence-electron chi connectivity index (χ1n) is 1.11. The Morgan fingerprint density at radius 1 is 1.33 bits per heavy atom. The van der Waals surface area contributed by atoms with Crippen molar-refractivity contribution in [3.63, 3.8) is 0 Å². The van der Waals surface area contributed by atoms with E-state index in [0.29, 0.717) is 0 Å². The molecule has 0 unspecified atom stereocenters. The molecule has 0 aromatic heterocycles. The third kappa shape index (κ3) is 18.7. The molecule has 0 aromatic rings. The second-order valence-electron chi connectivity index (χ2n) is 0.408. The number of halogens is 2. The van der Waals surface area contributed by atoms with E-state index in [-0.39, 0.29) is 44.4 Å². The van der Waals surface area contributed by atoms with Gasteiger partial charge in [-0.25, -0.2) is 0 Å². The number of rotatable bonds is 1. The molecule has 0 atom stereocenters. The van der Waals surface area contributed by atoms with Gasteiger partial charge >= 0.3 is 35.2 Å². The molecule has 0 aliphatic rings. The van der Waals surface area contributed by atoms with Crippen LogP contribution >= 0.6 is 0 Å². The topological polar surface area (TPSA) is 9.23 Å². The third-order valence-corrected chi connectivity index (χ3v) is 0.842. The zero-order chi connectivity index (χ0) is 3.41. The number of hydrogen-bond donors (Lipinski definition) is 0. The van der Waals surface area contributed by atoms with Crippen molar-refractivity contribution in [2.75, 3.05) is 7.11 Å². The predicted molar refractivity (Wildman–Crippen MR) is 12.9 cm³/mol. The maximum absolute atomic E-state index is 4.67. The number of hydrogen-bond acceptors (Lipinski definition) is 1. The summed E-state index contributed by atoms with van der Waals surface area (Å²) in [6, 6.07) is 0. The molecule has 0 radical (unpaired) electrons. The van der Waals surface area contributed by atoms with Crippen LogP contribution in [0.25, 0.3) is 0 Å². The van der Waals surface area contributed by atoms with E-state index in [0.717, 1.165) is 0 Å². The van der Waals surface area contributed by atoms with E-state index in [9.17, 15) is 0 Å². The van der Waals surface area contributed by atoms with Crippen LogP contribution in [0.4, 0.5) is 0 Å². The van der Waals surface area contributed by atoms with E-state index < -0.39 is 0 Å². The van der Waals surface area contributed by atoms with Crippen LogP contribution in [0.5, 0.6) is 0 Å². The van der Waals surface area contributed by atoms with Gasteiger partial charge in [-0.1, -0.05) is 0 Å². The summed E-state index contributed by atoms with van der Waals surface area (Å²) in [6.07, 6.45) is 0. The van der Waals surface area contributed by atoms with Gasteiger partial charge in [-0.05, 0) is 0 Å². The van der Waals surface area contributed by atoms with Crippen LogP contribution in [0, 0.1) is 0 Å². The maximum atomic E-state index is 4.67. The smallest absolute Gasteiger partial charge is 1.00 e. The van der Waals surface area contributed by atoms with Crippen LogP contribution in [0.15, 0.2) is 0 Å². The molecule has 0 rings (SSSR count). The quantitative estimate of drug-likeness (QED) is 0.352. The summed E-state index contributed by atoms with van der Waals surface area (Å²) >= 11 is 0.0139. The first-order chi connectivity index (χ1) is 1.91. The summed E-state index contributed by atoms with van der Waals surface area (Å²) in [5, 5.41) is 2.08. The second-order valence-corrected chi connectivity index (χ2v) is 1.68. The molecule has 4 heteroatoms. The average Bonchev–Trinajstić information content (AvgIpc) is 1.37. The molecule has 0 heterocycles. The summed E-state index contributed by atoms with van der Waals surface area (Å²) < 4.78 is 4.67. The Morgan fingerprint density at radius 3 is 1.50 bits per heavy atom. The van der Waals surface area contributed by atoms with E-state index in [1.54, 1.807) is 7.11 Å². The van der Waals surface area contributed by atoms with Gasteiger partial charge in [0.25, 0.3) is 0 Å². The van der Waals surface area contributed by atoms with Crippen LogP contribution in [0.1, 0.15) is 0 Å². The fraction of sp³-hybridized carbons (Fsp3) is 1.00. The van der Waals surface area contributed by atoms with Gasteiger partial charge in [-0.2, -0.15) is 0 Å². The van der Waals surface area contributed by atoms with Gasteiger partial charge in [-0.15, -0.1) is 0 Å². The van der Waals surface area contributed by atoms with E-state index in [4.69, 9.17) is 0 Å². The fourth-order valence-electron chi connectivity index (χ4n) is 0. The normalized spacial score (nSPS) is 3.67. The molecular formula is C2H6Cl2OTi. The van der Waals surface area contributed by atoms with Crippen molar-refractivity contribution in [1.82, 2.24) is 0 Å². The van der Waals surface area contributed by atoms with Gasteiger partial charge in [0.1, 0.15) is 0 Å². The molecule has 0 bridgehead atoms. The Morgan fingerprint density at radius 2 is 1.50 bits per heavy atom. The molecule has 0 fully saturated rings. The molecule has 6 heavy (non-hydrogen) atoms. The van der Waals surface area contributed by atoms with Gasteiger partial charge in [0.15, 0.2) is 0 Å². The van der Waals surface area contributed by atoms with Gasteiger partial charge < -0.3 is 24.8 Å². The Kier molecular flexibility index (Phi) is 42.6. The van der Waals surface area contributed by atoms with Crippen LogP contribution in [-0.2, 0) is 22.9 Å². The molecule has 1 nitrogen and oxygen atoms in total. The standard InChI is InChI=1S/CH3O.CH3.2ClH.Ti/c1-2;;;;/h1H3;1H3;2*1H;/q-1;;;;+3/p-2. The predicted octanol–water partition coefficient (Wildman–Crippen LogP) is -5.31. The minimum Gasteiger partial charge on any atom is -1.00 e. The van der Waals surface area contributed by atoms with Crippen molar-refractivity contribution in [2.45, 2.75) is 5.23 Å². The fourth-order valence-corrected chi connectivity index (χ4v) is 0. The van der Waals surface area contributed by atoms with Crippen molar-refractivity contribution >= 4 is 0 Å². The Labute approximate surface area is 60.1 Å². The first-order valence-corrected chi connectivity index (χ1v) is 3.31. The summed E-state index contributed by atoms with van der Waals surface area (Å²) in [5.74, 6) is 0. The first kappa shape index (κ1) is 15.7. The van der Waals surface area contributed by atoms with E-state index in [1.807, 2.05) is 0 Å². The maximum Gasteiger partial charge on any atom is -1.00 e. The van der Waals surface area contributed by atoms with Crippen LogP contribution < -0.4 is 24.8 Å². The molecule has 0 saturated carbocycles. The SMILES string of the molecule is C[O][Ti+2][CH3].[Cl-].[Cl-]. The summed E-state index contributed by atoms with van der Waals surface area (Å²) in [4.78, 5) is 0. The summed E-state index contributed by atoms with van der Waals surface area (Å²) in [6.45, 7) is 0. The average molecular weight is 165 g/mol. The largest absolute Gasteiger partial charge is 1.00 e. The zero-order valence-corrected chi connectivity index (χ0v) is 6.74. The van der Waals surface area contributed by atoms with Crippen molar-refractivity contribution in [2.24, 2.45) is 0 Å². The second kappa shape index (κ2) is 16.3. The molecule has 0 aliphatic carbocycles. The van der Waals surface area contributed by atoms with E-state index in [1.165, 1.54) is 0 Å². The minimum absolute atomic E-state index is 0. The van der Waals surface area contributed by atoms with Gasteiger partial charge in [0, 0.05) is 0 Å². The molecule has 0 aliphatic heterocycles. The summed E-state index contributed by atoms with van der Waals surface area (Å²) in [7, 11) is 1.74.